The molecular formula is C57H106N2O8S. The van der Waals surface area contributed by atoms with Gasteiger partial charge in [-0.15, -0.1) is 0 Å². The van der Waals surface area contributed by atoms with Crippen LogP contribution in [0.4, 0.5) is 5.69 Å². The van der Waals surface area contributed by atoms with E-state index in [1.165, 1.54) is 199 Å². The van der Waals surface area contributed by atoms with Gasteiger partial charge in [-0.1, -0.05) is 257 Å². The van der Waals surface area contributed by atoms with Gasteiger partial charge in [0.05, 0.1) is 24.9 Å². The lowest BCUT2D eigenvalue weighted by molar-refractivity contribution is -0.302. The summed E-state index contributed by atoms with van der Waals surface area (Å²) in [6, 6.07) is 8.65. The van der Waals surface area contributed by atoms with E-state index >= 15 is 0 Å². The van der Waals surface area contributed by atoms with Gasteiger partial charge in [-0.25, -0.2) is 0 Å². The number of aliphatic hydroxyl groups is 5. The van der Waals surface area contributed by atoms with Crippen molar-refractivity contribution in [2.75, 3.05) is 25.1 Å². The maximum Gasteiger partial charge on any atom is 0.261 e. The Morgan fingerprint density at radius 3 is 1.37 bits per heavy atom. The van der Waals surface area contributed by atoms with Gasteiger partial charge in [0.15, 0.2) is 6.29 Å². The molecule has 10 nitrogen and oxygen atoms in total. The number of hydrogen-bond acceptors (Lipinski definition) is 10. The Bertz CT molecular complexity index is 1250. The first-order valence-corrected chi connectivity index (χ1v) is 29.1. The van der Waals surface area contributed by atoms with Crippen LogP contribution in [0.25, 0.3) is 0 Å². The minimum absolute atomic E-state index is 0.0698. The van der Waals surface area contributed by atoms with E-state index in [-0.39, 0.29) is 18.4 Å². The summed E-state index contributed by atoms with van der Waals surface area (Å²) in [6.45, 7) is 4.92. The summed E-state index contributed by atoms with van der Waals surface area (Å²) in [5.74, 6) is 0. The summed E-state index contributed by atoms with van der Waals surface area (Å²) in [5, 5.41) is 61.3. The van der Waals surface area contributed by atoms with Crippen LogP contribution in [0.1, 0.15) is 251 Å². The Hall–Kier alpha value is -1.41. The molecule has 0 radical (unpaired) electrons. The summed E-state index contributed by atoms with van der Waals surface area (Å²) >= 11 is 5.31. The average Bonchev–Trinajstić information content (AvgIpc) is 3.34. The first kappa shape index (κ1) is 62.7. The molecule has 1 saturated heterocycles. The van der Waals surface area contributed by atoms with Crippen molar-refractivity contribution in [2.45, 2.75) is 300 Å². The van der Waals surface area contributed by atoms with Crippen molar-refractivity contribution in [3.8, 4) is 0 Å². The van der Waals surface area contributed by atoms with E-state index in [9.17, 15) is 25.5 Å². The SMILES string of the molecule is CCCCCCCCCCCCCCCCCCCCCCCCCCN[C@@H](CO[C@H]1O[C@H](COC(=S)Nc2ccccc2)[C@H](O)[C@H](O)[C@H]1O)[C@H](O)[C@H](O)CCCCCCCCCCCCCC. The number of unbranched alkanes of at least 4 members (excludes halogenated alkanes) is 34. The van der Waals surface area contributed by atoms with E-state index < -0.39 is 49.0 Å². The molecule has 0 aliphatic carbocycles. The van der Waals surface area contributed by atoms with E-state index in [1.807, 2.05) is 30.3 Å². The highest BCUT2D eigenvalue weighted by atomic mass is 32.1. The summed E-state index contributed by atoms with van der Waals surface area (Å²) in [4.78, 5) is 0. The molecule has 8 atom stereocenters. The Kier molecular flexibility index (Phi) is 40.9. The standard InChI is InChI=1S/C57H106N2O8S/c1-3-5-7-9-11-13-15-17-18-19-20-21-22-23-24-25-26-27-28-30-32-34-36-41-45-58-49(52(61)50(60)44-40-35-33-31-29-16-14-12-10-8-6-4-2)46-65-56-55(64)54(63)53(62)51(67-56)47-66-57(68)59-48-42-38-37-39-43-48/h37-39,42-43,49-56,58,60-64H,3-36,40-41,44-47H2,1-2H3,(H,59,68)/t49-,50+,51+,52-,53-,54-,55+,56-/m0/s1. The number of thiocarbonyl (C=S) groups is 1. The number of para-hydroxylation sites is 1. The second-order valence-corrected chi connectivity index (χ2v) is 20.7. The zero-order valence-electron chi connectivity index (χ0n) is 43.7. The Morgan fingerprint density at radius 1 is 0.544 bits per heavy atom. The van der Waals surface area contributed by atoms with Gasteiger partial charge in [-0.2, -0.15) is 0 Å². The molecule has 0 aromatic heterocycles. The third-order valence-corrected chi connectivity index (χ3v) is 14.3. The predicted molar refractivity (Wildman–Crippen MR) is 287 cm³/mol. The van der Waals surface area contributed by atoms with Crippen LogP contribution in [0.15, 0.2) is 30.3 Å². The highest BCUT2D eigenvalue weighted by Crippen LogP contribution is 2.24. The van der Waals surface area contributed by atoms with Crippen LogP contribution in [-0.2, 0) is 14.2 Å². The fourth-order valence-electron chi connectivity index (χ4n) is 9.51. The number of benzene rings is 1. The zero-order chi connectivity index (χ0) is 49.1. The molecular weight excluding hydrogens is 873 g/mol. The highest BCUT2D eigenvalue weighted by molar-refractivity contribution is 7.80. The van der Waals surface area contributed by atoms with E-state index in [0.717, 1.165) is 37.8 Å². The molecule has 0 spiro atoms. The molecule has 1 aliphatic rings. The van der Waals surface area contributed by atoms with Crippen molar-refractivity contribution in [1.82, 2.24) is 5.32 Å². The van der Waals surface area contributed by atoms with Gasteiger partial charge in [-0.05, 0) is 43.7 Å². The van der Waals surface area contributed by atoms with Crippen LogP contribution >= 0.6 is 12.2 Å². The van der Waals surface area contributed by atoms with Crippen LogP contribution in [0, 0.1) is 0 Å². The number of nitrogens with one attached hydrogen (secondary N) is 2. The molecule has 11 heteroatoms. The molecule has 1 aromatic rings. The summed E-state index contributed by atoms with van der Waals surface area (Å²) in [5.41, 5.74) is 0.739. The van der Waals surface area contributed by atoms with E-state index in [0.29, 0.717) is 13.0 Å². The van der Waals surface area contributed by atoms with E-state index in [1.54, 1.807) is 0 Å². The summed E-state index contributed by atoms with van der Waals surface area (Å²) in [7, 11) is 0. The van der Waals surface area contributed by atoms with Crippen molar-refractivity contribution in [1.29, 1.82) is 0 Å². The average molecular weight is 980 g/mol. The maximum absolute atomic E-state index is 11.4. The third-order valence-electron chi connectivity index (χ3n) is 14.1. The largest absolute Gasteiger partial charge is 0.468 e. The van der Waals surface area contributed by atoms with E-state index in [2.05, 4.69) is 24.5 Å². The lowest BCUT2D eigenvalue weighted by Crippen LogP contribution is -2.60. The zero-order valence-corrected chi connectivity index (χ0v) is 44.5. The molecule has 1 aliphatic heterocycles. The second kappa shape index (κ2) is 44.3. The first-order chi connectivity index (χ1) is 33.3. The van der Waals surface area contributed by atoms with Crippen LogP contribution in [0.2, 0.25) is 0 Å². The quantitative estimate of drug-likeness (QED) is 0.0247. The molecule has 0 amide bonds. The van der Waals surface area contributed by atoms with Gasteiger partial charge in [0, 0.05) is 5.69 Å². The molecule has 7 N–H and O–H groups in total. The Balaban J connectivity index is 1.67. The van der Waals surface area contributed by atoms with Gasteiger partial charge in [0.1, 0.15) is 31.0 Å². The van der Waals surface area contributed by atoms with Crippen LogP contribution < -0.4 is 10.6 Å². The van der Waals surface area contributed by atoms with Crippen molar-refractivity contribution >= 4 is 23.1 Å². The molecule has 68 heavy (non-hydrogen) atoms. The van der Waals surface area contributed by atoms with Crippen molar-refractivity contribution < 1.29 is 39.7 Å². The smallest absolute Gasteiger partial charge is 0.261 e. The van der Waals surface area contributed by atoms with Crippen molar-refractivity contribution in [2.24, 2.45) is 0 Å². The van der Waals surface area contributed by atoms with Crippen molar-refractivity contribution in [3.63, 3.8) is 0 Å². The number of ether oxygens (including phenoxy) is 3. The molecule has 1 aromatic carbocycles. The van der Waals surface area contributed by atoms with Crippen LogP contribution in [0.5, 0.6) is 0 Å². The molecule has 1 heterocycles. The molecule has 1 fully saturated rings. The fraction of sp³-hybridized carbons (Fsp3) is 0.877. The number of hydrogen-bond donors (Lipinski definition) is 7. The van der Waals surface area contributed by atoms with E-state index in [4.69, 9.17) is 26.4 Å². The van der Waals surface area contributed by atoms with Crippen LogP contribution in [0.3, 0.4) is 0 Å². The third kappa shape index (κ3) is 32.5. The highest BCUT2D eigenvalue weighted by Gasteiger charge is 2.45. The van der Waals surface area contributed by atoms with Gasteiger partial charge in [0.25, 0.3) is 5.17 Å². The molecule has 2 rings (SSSR count). The topological polar surface area (TPSA) is 153 Å². The normalized spacial score (nSPS) is 19.8. The van der Waals surface area contributed by atoms with Gasteiger partial charge >= 0.3 is 0 Å². The molecule has 398 valence electrons. The van der Waals surface area contributed by atoms with Gasteiger partial charge < -0.3 is 50.4 Å². The molecule has 0 saturated carbocycles. The Morgan fingerprint density at radius 2 is 0.941 bits per heavy atom. The van der Waals surface area contributed by atoms with Gasteiger partial charge in [-0.3, -0.25) is 0 Å². The number of aliphatic hydroxyl groups excluding tert-OH is 5. The second-order valence-electron chi connectivity index (χ2n) is 20.4. The van der Waals surface area contributed by atoms with Crippen LogP contribution in [-0.4, -0.2) is 99.4 Å². The van der Waals surface area contributed by atoms with Crippen molar-refractivity contribution in [3.05, 3.63) is 30.3 Å². The lowest BCUT2D eigenvalue weighted by atomic mass is 9.98. The summed E-state index contributed by atoms with van der Waals surface area (Å²) < 4.78 is 17.6. The fourth-order valence-corrected chi connectivity index (χ4v) is 9.70. The maximum atomic E-state index is 11.4. The summed E-state index contributed by atoms with van der Waals surface area (Å²) in [6.07, 6.45) is 38.7. The minimum atomic E-state index is -1.55. The Labute approximate surface area is 422 Å². The first-order valence-electron chi connectivity index (χ1n) is 28.7. The molecule has 0 bridgehead atoms. The minimum Gasteiger partial charge on any atom is -0.468 e. The number of anilines is 1. The lowest BCUT2D eigenvalue weighted by Gasteiger charge is -2.40. The molecule has 0 unspecified atom stereocenters. The predicted octanol–water partition coefficient (Wildman–Crippen LogP) is 13.4. The van der Waals surface area contributed by atoms with Gasteiger partial charge in [0.2, 0.25) is 0 Å². The monoisotopic (exact) mass is 979 g/mol. The number of rotatable bonds is 47.